The minimum atomic E-state index is -1.43. The molecule has 6 unspecified atom stereocenters. The van der Waals surface area contributed by atoms with Gasteiger partial charge in [-0.2, -0.15) is 0 Å². The Labute approximate surface area is 303 Å². The number of ketones is 2. The molecule has 8 rings (SSSR count). The van der Waals surface area contributed by atoms with Crippen LogP contribution in [0.3, 0.4) is 0 Å². The fourth-order valence-electron chi connectivity index (χ4n) is 9.48. The van der Waals surface area contributed by atoms with E-state index in [4.69, 9.17) is 4.74 Å². The predicted octanol–water partition coefficient (Wildman–Crippen LogP) is 7.59. The van der Waals surface area contributed by atoms with Crippen LogP contribution in [-0.2, 0) is 31.2 Å². The van der Waals surface area contributed by atoms with Gasteiger partial charge in [-0.25, -0.2) is 0 Å². The summed E-state index contributed by atoms with van der Waals surface area (Å²) < 4.78 is 6.07. The van der Waals surface area contributed by atoms with Crippen molar-refractivity contribution < 1.29 is 29.0 Å². The average molecular weight is 692 g/mol. The number of aromatic hydroxyl groups is 1. The lowest BCUT2D eigenvalue weighted by Crippen LogP contribution is -2.59. The van der Waals surface area contributed by atoms with Gasteiger partial charge in [-0.1, -0.05) is 109 Å². The molecule has 2 fully saturated rings. The number of carbonyl (C=O) groups is 4. The minimum absolute atomic E-state index is 0.0727. The second-order valence-electron chi connectivity index (χ2n) is 15.5. The summed E-state index contributed by atoms with van der Waals surface area (Å²) >= 11 is 0. The summed E-state index contributed by atoms with van der Waals surface area (Å²) in [6, 6.07) is 33.4. The molecule has 1 saturated carbocycles. The number of benzene rings is 4. The molecule has 0 aromatic heterocycles. The highest BCUT2D eigenvalue weighted by molar-refractivity contribution is 6.31. The molecule has 7 nitrogen and oxygen atoms in total. The first-order valence-electron chi connectivity index (χ1n) is 18.0. The molecule has 2 amide bonds. The number of carbonyl (C=O) groups excluding carboxylic acids is 4. The highest BCUT2D eigenvalue weighted by Crippen LogP contribution is 2.64. The average Bonchev–Trinajstić information content (AvgIpc) is 3.42. The quantitative estimate of drug-likeness (QED) is 0.165. The Kier molecular flexibility index (Phi) is 8.13. The first-order chi connectivity index (χ1) is 25.0. The maximum Gasteiger partial charge on any atom is 0.234 e. The van der Waals surface area contributed by atoms with Gasteiger partial charge in [-0.3, -0.25) is 24.1 Å². The molecule has 52 heavy (non-hydrogen) atoms. The Balaban J connectivity index is 1.33. The molecule has 1 heterocycles. The molecule has 1 N–H and O–H groups in total. The van der Waals surface area contributed by atoms with Crippen LogP contribution < -0.4 is 4.74 Å². The zero-order valence-corrected chi connectivity index (χ0v) is 29.5. The van der Waals surface area contributed by atoms with E-state index in [0.29, 0.717) is 41.0 Å². The number of rotatable bonds is 6. The largest absolute Gasteiger partial charge is 0.508 e. The lowest BCUT2D eigenvalue weighted by Gasteiger charge is -2.55. The molecule has 7 heteroatoms. The van der Waals surface area contributed by atoms with E-state index in [1.54, 1.807) is 18.2 Å². The van der Waals surface area contributed by atoms with E-state index in [-0.39, 0.29) is 35.6 Å². The number of hydrogen-bond acceptors (Lipinski definition) is 6. The summed E-state index contributed by atoms with van der Waals surface area (Å²) in [7, 11) is 0. The highest BCUT2D eigenvalue weighted by Gasteiger charge is 2.66. The van der Waals surface area contributed by atoms with Crippen LogP contribution in [0.1, 0.15) is 61.8 Å². The van der Waals surface area contributed by atoms with Crippen molar-refractivity contribution in [3.8, 4) is 11.5 Å². The summed E-state index contributed by atoms with van der Waals surface area (Å²) in [5.41, 5.74) is 1.76. The first kappa shape index (κ1) is 33.6. The molecule has 4 aliphatic rings. The lowest BCUT2D eigenvalue weighted by molar-refractivity contribution is -0.145. The van der Waals surface area contributed by atoms with Crippen molar-refractivity contribution in [3.05, 3.63) is 149 Å². The number of amides is 2. The van der Waals surface area contributed by atoms with Crippen molar-refractivity contribution in [1.29, 1.82) is 0 Å². The van der Waals surface area contributed by atoms with Crippen LogP contribution in [0, 0.1) is 23.7 Å². The second-order valence-corrected chi connectivity index (χ2v) is 15.5. The number of hydrogen-bond donors (Lipinski definition) is 1. The van der Waals surface area contributed by atoms with Crippen LogP contribution in [-0.4, -0.2) is 38.9 Å². The van der Waals surface area contributed by atoms with E-state index in [9.17, 15) is 14.7 Å². The van der Waals surface area contributed by atoms with E-state index in [1.807, 2.05) is 118 Å². The van der Waals surface area contributed by atoms with Crippen molar-refractivity contribution in [2.24, 2.45) is 23.7 Å². The Morgan fingerprint density at radius 3 is 2.12 bits per heavy atom. The van der Waals surface area contributed by atoms with Crippen molar-refractivity contribution >= 4 is 29.0 Å². The second kappa shape index (κ2) is 12.6. The number of allylic oxidation sites excluding steroid dienone is 4. The number of likely N-dealkylation sites (tertiary alicyclic amines) is 1. The number of nitrogens with zero attached hydrogens (tertiary/aromatic N) is 1. The summed E-state index contributed by atoms with van der Waals surface area (Å²) in [4.78, 5) is 60.0. The molecule has 3 aliphatic carbocycles. The number of phenolic OH excluding ortho intramolecular Hbond substituents is 1. The van der Waals surface area contributed by atoms with E-state index >= 15 is 9.59 Å². The summed E-state index contributed by atoms with van der Waals surface area (Å²) in [6.07, 6.45) is 4.04. The molecule has 4 aromatic carbocycles. The van der Waals surface area contributed by atoms with Gasteiger partial charge in [0.1, 0.15) is 18.1 Å². The van der Waals surface area contributed by atoms with Crippen molar-refractivity contribution in [2.75, 3.05) is 0 Å². The SMILES string of the molecule is CC(C)(C)N1C(=O)C2CC=C3C(CC4C(=O)C(c5ccccc5)=CC(=O)C4(c4ccccc4)C3c3ccc(OCc4ccccc4)cc3O)C2C1=O. The number of ether oxygens (including phenoxy) is 1. The van der Waals surface area contributed by atoms with Gasteiger partial charge in [0, 0.05) is 34.6 Å². The molecule has 1 saturated heterocycles. The normalized spacial score (nSPS) is 27.0. The summed E-state index contributed by atoms with van der Waals surface area (Å²) in [5, 5.41) is 11.9. The number of Topliss-reactive ketones (excluding diaryl/α,β-unsaturated/α-hetero) is 1. The van der Waals surface area contributed by atoms with Gasteiger partial charge in [0.15, 0.2) is 11.6 Å². The summed E-state index contributed by atoms with van der Waals surface area (Å²) in [5.74, 6) is -3.93. The van der Waals surface area contributed by atoms with Crippen LogP contribution in [0.15, 0.2) is 127 Å². The molecule has 1 aliphatic heterocycles. The summed E-state index contributed by atoms with van der Waals surface area (Å²) in [6.45, 7) is 5.88. The zero-order valence-electron chi connectivity index (χ0n) is 29.5. The van der Waals surface area contributed by atoms with E-state index < -0.39 is 40.5 Å². The number of fused-ring (bicyclic) bond motifs is 4. The van der Waals surface area contributed by atoms with Crippen LogP contribution in [0.5, 0.6) is 11.5 Å². The van der Waals surface area contributed by atoms with E-state index in [1.165, 1.54) is 11.0 Å². The van der Waals surface area contributed by atoms with Crippen LogP contribution in [0.2, 0.25) is 0 Å². The van der Waals surface area contributed by atoms with Gasteiger partial charge in [-0.05, 0) is 68.4 Å². The standard InChI is InChI=1S/C45H41NO6/c1-44(2,3)46-42(50)33-22-21-31-35(39(33)43(46)51)24-36-41(49)34(28-15-9-5-10-16-28)25-38(48)45(36,29-17-11-6-12-18-29)40(31)32-20-19-30(23-37(32)47)52-26-27-13-7-4-8-14-27/h4-21,23,25,33,35-36,39-40,47H,22,24,26H2,1-3H3. The topological polar surface area (TPSA) is 101 Å². The first-order valence-corrected chi connectivity index (χ1v) is 18.0. The van der Waals surface area contributed by atoms with Gasteiger partial charge in [0.05, 0.1) is 17.3 Å². The third kappa shape index (κ3) is 5.16. The van der Waals surface area contributed by atoms with Crippen molar-refractivity contribution in [3.63, 3.8) is 0 Å². The molecule has 262 valence electrons. The molecule has 4 aromatic rings. The Morgan fingerprint density at radius 2 is 1.46 bits per heavy atom. The smallest absolute Gasteiger partial charge is 0.234 e. The molecule has 6 atom stereocenters. The molecular weight excluding hydrogens is 650 g/mol. The van der Waals surface area contributed by atoms with E-state index in [0.717, 1.165) is 11.1 Å². The maximum absolute atomic E-state index is 15.2. The van der Waals surface area contributed by atoms with Crippen LogP contribution in [0.25, 0.3) is 5.57 Å². The Hall–Kier alpha value is -5.56. The van der Waals surface area contributed by atoms with Crippen LogP contribution in [0.4, 0.5) is 0 Å². The van der Waals surface area contributed by atoms with Crippen molar-refractivity contribution in [2.45, 2.75) is 57.1 Å². The fourth-order valence-corrected chi connectivity index (χ4v) is 9.48. The number of imide groups is 1. The van der Waals surface area contributed by atoms with E-state index in [2.05, 4.69) is 0 Å². The van der Waals surface area contributed by atoms with Gasteiger partial charge < -0.3 is 9.84 Å². The predicted molar refractivity (Wildman–Crippen MR) is 197 cm³/mol. The highest BCUT2D eigenvalue weighted by atomic mass is 16.5. The van der Waals surface area contributed by atoms with Crippen molar-refractivity contribution in [1.82, 2.24) is 4.90 Å². The lowest BCUT2D eigenvalue weighted by atomic mass is 9.44. The number of phenols is 1. The van der Waals surface area contributed by atoms with Gasteiger partial charge >= 0.3 is 0 Å². The third-order valence-electron chi connectivity index (χ3n) is 11.6. The molecule has 0 bridgehead atoms. The zero-order chi connectivity index (χ0) is 36.4. The molecule has 0 radical (unpaired) electrons. The Morgan fingerprint density at radius 1 is 0.808 bits per heavy atom. The van der Waals surface area contributed by atoms with Gasteiger partial charge in [-0.15, -0.1) is 0 Å². The molecule has 0 spiro atoms. The Bertz CT molecular complexity index is 2150. The third-order valence-corrected chi connectivity index (χ3v) is 11.6. The van der Waals surface area contributed by atoms with Gasteiger partial charge in [0.25, 0.3) is 0 Å². The minimum Gasteiger partial charge on any atom is -0.508 e. The fraction of sp³-hybridized carbons (Fsp3) is 0.289. The molecular formula is C45H41NO6. The monoisotopic (exact) mass is 691 g/mol. The maximum atomic E-state index is 15.2. The van der Waals surface area contributed by atoms with Crippen LogP contribution >= 0.6 is 0 Å². The van der Waals surface area contributed by atoms with Gasteiger partial charge in [0.2, 0.25) is 11.8 Å².